The zero-order valence-corrected chi connectivity index (χ0v) is 16.4. The van der Waals surface area contributed by atoms with E-state index in [1.807, 2.05) is 6.92 Å². The smallest absolute Gasteiger partial charge is 0.227 e. The first-order chi connectivity index (χ1) is 12.5. The first kappa shape index (κ1) is 19.4. The second-order valence-corrected chi connectivity index (χ2v) is 9.62. The number of carbonyl (C=O) groups is 1. The molecule has 0 radical (unpaired) electrons. The standard InChI is InChI=1S/C18H30N4O3S/c1-2-3-11-26(24,25)22-10-6-9-15(13-22)17-16(12-19-21-17)20-18(23)14-7-4-5-8-14/h12,14-15H,2-11,13H2,1H3,(H,19,21)(H,20,23)/t15-/m1/s1. The molecule has 0 aromatic carbocycles. The summed E-state index contributed by atoms with van der Waals surface area (Å²) in [7, 11) is -3.21. The maximum absolute atomic E-state index is 12.5. The van der Waals surface area contributed by atoms with Gasteiger partial charge in [-0.25, -0.2) is 12.7 Å². The van der Waals surface area contributed by atoms with Crippen molar-refractivity contribution >= 4 is 21.6 Å². The number of nitrogens with zero attached hydrogens (tertiary/aromatic N) is 2. The fraction of sp³-hybridized carbons (Fsp3) is 0.778. The molecule has 2 fully saturated rings. The highest BCUT2D eigenvalue weighted by Crippen LogP contribution is 2.33. The SMILES string of the molecule is CCCCS(=O)(=O)N1CCC[C@@H](c2[nH]ncc2NC(=O)C2CCCC2)C1. The molecule has 1 aliphatic carbocycles. The van der Waals surface area contributed by atoms with Crippen LogP contribution < -0.4 is 5.32 Å². The van der Waals surface area contributed by atoms with E-state index in [2.05, 4.69) is 15.5 Å². The van der Waals surface area contributed by atoms with E-state index in [0.29, 0.717) is 25.2 Å². The molecule has 0 spiro atoms. The molecule has 1 aromatic rings. The summed E-state index contributed by atoms with van der Waals surface area (Å²) in [4.78, 5) is 12.4. The molecule has 2 N–H and O–H groups in total. The van der Waals surface area contributed by atoms with Gasteiger partial charge in [0.1, 0.15) is 0 Å². The van der Waals surface area contributed by atoms with E-state index in [1.54, 1.807) is 10.5 Å². The van der Waals surface area contributed by atoms with Gasteiger partial charge in [-0.15, -0.1) is 0 Å². The Kier molecular flexibility index (Phi) is 6.34. The Hall–Kier alpha value is -1.41. The molecule has 0 bridgehead atoms. The number of unbranched alkanes of at least 4 members (excludes halogenated alkanes) is 1. The van der Waals surface area contributed by atoms with Crippen molar-refractivity contribution < 1.29 is 13.2 Å². The summed E-state index contributed by atoms with van der Waals surface area (Å²) in [6.45, 7) is 3.04. The first-order valence-corrected chi connectivity index (χ1v) is 11.4. The van der Waals surface area contributed by atoms with E-state index < -0.39 is 10.0 Å². The number of nitrogens with one attached hydrogen (secondary N) is 2. The van der Waals surface area contributed by atoms with E-state index >= 15 is 0 Å². The molecule has 2 heterocycles. The summed E-state index contributed by atoms with van der Waals surface area (Å²) in [5.41, 5.74) is 1.56. The number of aromatic amines is 1. The maximum atomic E-state index is 12.5. The molecule has 26 heavy (non-hydrogen) atoms. The second-order valence-electron chi connectivity index (χ2n) is 7.53. The number of piperidine rings is 1. The van der Waals surface area contributed by atoms with Crippen LogP contribution in [0.1, 0.15) is 69.9 Å². The number of hydrogen-bond donors (Lipinski definition) is 2. The van der Waals surface area contributed by atoms with Crippen LogP contribution in [-0.4, -0.2) is 47.7 Å². The fourth-order valence-corrected chi connectivity index (χ4v) is 5.74. The molecule has 7 nitrogen and oxygen atoms in total. The molecule has 0 unspecified atom stereocenters. The van der Waals surface area contributed by atoms with Crippen LogP contribution in [0.2, 0.25) is 0 Å². The van der Waals surface area contributed by atoms with E-state index in [-0.39, 0.29) is 23.5 Å². The van der Waals surface area contributed by atoms with Gasteiger partial charge in [0.25, 0.3) is 0 Å². The lowest BCUT2D eigenvalue weighted by Gasteiger charge is -2.32. The van der Waals surface area contributed by atoms with Crippen molar-refractivity contribution in [3.05, 3.63) is 11.9 Å². The van der Waals surface area contributed by atoms with E-state index in [1.165, 1.54) is 0 Å². The van der Waals surface area contributed by atoms with E-state index in [9.17, 15) is 13.2 Å². The largest absolute Gasteiger partial charge is 0.323 e. The van der Waals surface area contributed by atoms with Crippen LogP contribution in [0.4, 0.5) is 5.69 Å². The van der Waals surface area contributed by atoms with Crippen LogP contribution in [0.5, 0.6) is 0 Å². The summed E-state index contributed by atoms with van der Waals surface area (Å²) in [6.07, 6.45) is 9.06. The molecule has 1 aromatic heterocycles. The molecule has 146 valence electrons. The topological polar surface area (TPSA) is 95.2 Å². The molecule has 1 amide bonds. The highest BCUT2D eigenvalue weighted by atomic mass is 32.2. The Balaban J connectivity index is 1.67. The summed E-state index contributed by atoms with van der Waals surface area (Å²) in [6, 6.07) is 0. The normalized spacial score (nSPS) is 22.6. The summed E-state index contributed by atoms with van der Waals surface area (Å²) in [5, 5.41) is 10.1. The first-order valence-electron chi connectivity index (χ1n) is 9.83. The Morgan fingerprint density at radius 1 is 1.31 bits per heavy atom. The Labute approximate surface area is 156 Å². The summed E-state index contributed by atoms with van der Waals surface area (Å²) >= 11 is 0. The molecule has 1 atom stereocenters. The molecule has 1 saturated carbocycles. The van der Waals surface area contributed by atoms with E-state index in [0.717, 1.165) is 50.6 Å². The average molecular weight is 383 g/mol. The lowest BCUT2D eigenvalue weighted by Crippen LogP contribution is -2.40. The van der Waals surface area contributed by atoms with Crippen molar-refractivity contribution in [2.45, 2.75) is 64.2 Å². The van der Waals surface area contributed by atoms with E-state index in [4.69, 9.17) is 0 Å². The zero-order chi connectivity index (χ0) is 18.6. The van der Waals surface area contributed by atoms with Crippen molar-refractivity contribution in [3.63, 3.8) is 0 Å². The summed E-state index contributed by atoms with van der Waals surface area (Å²) in [5.74, 6) is 0.412. The van der Waals surface area contributed by atoms with Crippen LogP contribution in [-0.2, 0) is 14.8 Å². The highest BCUT2D eigenvalue weighted by Gasteiger charge is 2.32. The molecule has 8 heteroatoms. The van der Waals surface area contributed by atoms with Gasteiger partial charge in [-0.05, 0) is 32.1 Å². The minimum absolute atomic E-state index is 0.0431. The van der Waals surface area contributed by atoms with Gasteiger partial charge in [0.15, 0.2) is 0 Å². The van der Waals surface area contributed by atoms with Crippen LogP contribution in [0.25, 0.3) is 0 Å². The number of aromatic nitrogens is 2. The minimum atomic E-state index is -3.21. The van der Waals surface area contributed by atoms with Gasteiger partial charge < -0.3 is 5.32 Å². The molecule has 1 aliphatic heterocycles. The van der Waals surface area contributed by atoms with Crippen molar-refractivity contribution in [1.82, 2.24) is 14.5 Å². The zero-order valence-electron chi connectivity index (χ0n) is 15.5. The minimum Gasteiger partial charge on any atom is -0.323 e. The second kappa shape index (κ2) is 8.52. The van der Waals surface area contributed by atoms with Crippen LogP contribution >= 0.6 is 0 Å². The van der Waals surface area contributed by atoms with Gasteiger partial charge in [-0.2, -0.15) is 5.10 Å². The lowest BCUT2D eigenvalue weighted by molar-refractivity contribution is -0.119. The number of hydrogen-bond acceptors (Lipinski definition) is 4. The number of rotatable bonds is 7. The number of amides is 1. The third-order valence-corrected chi connectivity index (χ3v) is 7.52. The van der Waals surface area contributed by atoms with Crippen LogP contribution in [0.15, 0.2) is 6.20 Å². The Morgan fingerprint density at radius 3 is 2.81 bits per heavy atom. The van der Waals surface area contributed by atoms with Crippen molar-refractivity contribution in [2.24, 2.45) is 5.92 Å². The van der Waals surface area contributed by atoms with Crippen molar-refractivity contribution in [2.75, 3.05) is 24.2 Å². The van der Waals surface area contributed by atoms with Gasteiger partial charge in [-0.1, -0.05) is 26.2 Å². The highest BCUT2D eigenvalue weighted by molar-refractivity contribution is 7.89. The molecule has 2 aliphatic rings. The predicted octanol–water partition coefficient (Wildman–Crippen LogP) is 2.85. The molecular weight excluding hydrogens is 352 g/mol. The quantitative estimate of drug-likeness (QED) is 0.758. The molecule has 3 rings (SSSR count). The Morgan fingerprint density at radius 2 is 2.08 bits per heavy atom. The summed E-state index contributed by atoms with van der Waals surface area (Å²) < 4.78 is 26.7. The lowest BCUT2D eigenvalue weighted by atomic mass is 9.95. The van der Waals surface area contributed by atoms with Gasteiger partial charge >= 0.3 is 0 Å². The number of H-pyrrole nitrogens is 1. The average Bonchev–Trinajstić information content (AvgIpc) is 3.32. The predicted molar refractivity (Wildman–Crippen MR) is 101 cm³/mol. The van der Waals surface area contributed by atoms with Gasteiger partial charge in [0, 0.05) is 24.9 Å². The monoisotopic (exact) mass is 382 g/mol. The number of carbonyl (C=O) groups excluding carboxylic acids is 1. The molecule has 1 saturated heterocycles. The maximum Gasteiger partial charge on any atom is 0.227 e. The Bertz CT molecular complexity index is 710. The fourth-order valence-electron chi connectivity index (χ4n) is 4.02. The van der Waals surface area contributed by atoms with Crippen molar-refractivity contribution in [3.8, 4) is 0 Å². The van der Waals surface area contributed by atoms with Crippen LogP contribution in [0.3, 0.4) is 0 Å². The number of sulfonamides is 1. The van der Waals surface area contributed by atoms with Crippen molar-refractivity contribution in [1.29, 1.82) is 0 Å². The van der Waals surface area contributed by atoms with Gasteiger partial charge in [-0.3, -0.25) is 9.89 Å². The van der Waals surface area contributed by atoms with Gasteiger partial charge in [0.2, 0.25) is 15.9 Å². The van der Waals surface area contributed by atoms with Gasteiger partial charge in [0.05, 0.1) is 23.3 Å². The molecular formula is C18H30N4O3S. The third kappa shape index (κ3) is 4.46. The third-order valence-electron chi connectivity index (χ3n) is 5.59. The number of anilines is 1. The van der Waals surface area contributed by atoms with Crippen LogP contribution in [0, 0.1) is 5.92 Å².